The van der Waals surface area contributed by atoms with Gasteiger partial charge in [-0.15, -0.1) is 0 Å². The number of carbonyl (C=O) groups is 1. The summed E-state index contributed by atoms with van der Waals surface area (Å²) >= 11 is 0. The van der Waals surface area contributed by atoms with Gasteiger partial charge in [0.05, 0.1) is 12.1 Å². The number of oxime groups is 2. The van der Waals surface area contributed by atoms with E-state index in [2.05, 4.69) is 10.3 Å². The SMILES string of the molecule is O=C1N(Cc2cccc(/C(=N/O)C(F)(F)F)c2)[C@H](Cc2ccccc2)[C@H](O)[C@@H](O)[C@@H](Cc2ccccc2)N1Cc1cccc(/C(=N/O)C(F)(F)F)c1. The summed E-state index contributed by atoms with van der Waals surface area (Å²) in [7, 11) is 0. The monoisotopic (exact) mass is 728 g/mol. The van der Waals surface area contributed by atoms with Gasteiger partial charge in [0.25, 0.3) is 0 Å². The van der Waals surface area contributed by atoms with E-state index in [0.29, 0.717) is 11.1 Å². The number of alkyl halides is 6. The normalized spacial score (nSPS) is 20.6. The van der Waals surface area contributed by atoms with Crippen molar-refractivity contribution in [2.45, 2.75) is 62.6 Å². The number of nitrogens with zero attached hydrogens (tertiary/aromatic N) is 4. The van der Waals surface area contributed by atoms with Crippen molar-refractivity contribution in [3.05, 3.63) is 143 Å². The average Bonchev–Trinajstić information content (AvgIpc) is 3.16. The van der Waals surface area contributed by atoms with Gasteiger partial charge in [-0.05, 0) is 47.2 Å². The number of halogens is 6. The van der Waals surface area contributed by atoms with Gasteiger partial charge < -0.3 is 30.4 Å². The molecule has 4 N–H and O–H groups in total. The zero-order valence-corrected chi connectivity index (χ0v) is 27.3. The highest BCUT2D eigenvalue weighted by Gasteiger charge is 2.47. The van der Waals surface area contributed by atoms with Crippen LogP contribution in [0.25, 0.3) is 0 Å². The third kappa shape index (κ3) is 8.72. The molecule has 9 nitrogen and oxygen atoms in total. The van der Waals surface area contributed by atoms with Crippen LogP contribution in [0, 0.1) is 0 Å². The number of aliphatic hydroxyl groups is 2. The van der Waals surface area contributed by atoms with E-state index in [1.54, 1.807) is 60.7 Å². The summed E-state index contributed by atoms with van der Waals surface area (Å²) in [5, 5.41) is 46.9. The minimum Gasteiger partial charge on any atom is -0.410 e. The third-order valence-electron chi connectivity index (χ3n) is 8.85. The van der Waals surface area contributed by atoms with Gasteiger partial charge in [-0.2, -0.15) is 26.3 Å². The number of aliphatic hydroxyl groups excluding tert-OH is 2. The van der Waals surface area contributed by atoms with E-state index >= 15 is 0 Å². The summed E-state index contributed by atoms with van der Waals surface area (Å²) in [5.41, 5.74) is -2.46. The largest absolute Gasteiger partial charge is 0.437 e. The molecule has 4 atom stereocenters. The van der Waals surface area contributed by atoms with Crippen molar-refractivity contribution in [2.24, 2.45) is 10.3 Å². The molecule has 0 aromatic heterocycles. The maximum absolute atomic E-state index is 14.9. The van der Waals surface area contributed by atoms with Crippen molar-refractivity contribution in [1.82, 2.24) is 9.80 Å². The molecule has 0 bridgehead atoms. The van der Waals surface area contributed by atoms with Crippen LogP contribution in [0.15, 0.2) is 120 Å². The van der Waals surface area contributed by atoms with Crippen LogP contribution in [0.5, 0.6) is 0 Å². The maximum Gasteiger partial charge on any atom is 0.437 e. The first-order chi connectivity index (χ1) is 24.7. The predicted octanol–water partition coefficient (Wildman–Crippen LogP) is 6.55. The Bertz CT molecular complexity index is 1750. The first-order valence-corrected chi connectivity index (χ1v) is 16.0. The van der Waals surface area contributed by atoms with E-state index in [-0.39, 0.29) is 37.1 Å². The van der Waals surface area contributed by atoms with Crippen LogP contribution in [0.4, 0.5) is 31.1 Å². The smallest absolute Gasteiger partial charge is 0.410 e. The molecule has 0 unspecified atom stereocenters. The van der Waals surface area contributed by atoms with Crippen LogP contribution in [-0.2, 0) is 25.9 Å². The number of urea groups is 1. The lowest BCUT2D eigenvalue weighted by molar-refractivity contribution is -0.0610. The minimum absolute atomic E-state index is 0.0136. The summed E-state index contributed by atoms with van der Waals surface area (Å²) in [6.45, 7) is -0.761. The Morgan fingerprint density at radius 2 is 0.904 bits per heavy atom. The highest BCUT2D eigenvalue weighted by Crippen LogP contribution is 2.31. The van der Waals surface area contributed by atoms with Crippen molar-refractivity contribution >= 4 is 17.5 Å². The molecule has 0 spiro atoms. The Morgan fingerprint density at radius 3 is 1.23 bits per heavy atom. The van der Waals surface area contributed by atoms with Gasteiger partial charge in [0.15, 0.2) is 11.4 Å². The van der Waals surface area contributed by atoms with Gasteiger partial charge in [0.1, 0.15) is 12.2 Å². The van der Waals surface area contributed by atoms with Gasteiger partial charge in [-0.1, -0.05) is 107 Å². The van der Waals surface area contributed by atoms with E-state index in [4.69, 9.17) is 10.4 Å². The number of rotatable bonds is 10. The summed E-state index contributed by atoms with van der Waals surface area (Å²) in [6.07, 6.45) is -13.2. The summed E-state index contributed by atoms with van der Waals surface area (Å²) in [5.74, 6) is 0. The Balaban J connectivity index is 1.63. The number of hydrogen-bond acceptors (Lipinski definition) is 7. The van der Waals surface area contributed by atoms with Crippen molar-refractivity contribution in [3.8, 4) is 0 Å². The zero-order valence-electron chi connectivity index (χ0n) is 27.3. The second-order valence-corrected chi connectivity index (χ2v) is 12.3. The predicted molar refractivity (Wildman–Crippen MR) is 178 cm³/mol. The number of carbonyl (C=O) groups excluding carboxylic acids is 1. The molecular formula is C37H34F6N4O5. The summed E-state index contributed by atoms with van der Waals surface area (Å²) in [4.78, 5) is 17.3. The second kappa shape index (κ2) is 15.9. The lowest BCUT2D eigenvalue weighted by atomic mass is 9.90. The fraction of sp³-hybridized carbons (Fsp3) is 0.270. The fourth-order valence-electron chi connectivity index (χ4n) is 6.40. The van der Waals surface area contributed by atoms with Crippen LogP contribution in [0.2, 0.25) is 0 Å². The first kappa shape index (κ1) is 37.8. The van der Waals surface area contributed by atoms with E-state index in [9.17, 15) is 41.4 Å². The number of amides is 2. The van der Waals surface area contributed by atoms with Gasteiger partial charge in [-0.3, -0.25) is 0 Å². The van der Waals surface area contributed by atoms with E-state index in [1.807, 2.05) is 0 Å². The topological polar surface area (TPSA) is 129 Å². The van der Waals surface area contributed by atoms with Crippen LogP contribution < -0.4 is 0 Å². The quantitative estimate of drug-likeness (QED) is 0.0638. The summed E-state index contributed by atoms with van der Waals surface area (Å²) in [6, 6.07) is 24.2. The second-order valence-electron chi connectivity index (χ2n) is 12.3. The molecule has 1 aliphatic rings. The molecule has 0 saturated carbocycles. The van der Waals surface area contributed by atoms with Gasteiger partial charge in [0.2, 0.25) is 0 Å². The molecule has 0 aliphatic carbocycles. The number of hydrogen-bond donors (Lipinski definition) is 4. The van der Waals surface area contributed by atoms with Crippen molar-refractivity contribution in [1.29, 1.82) is 0 Å². The van der Waals surface area contributed by atoms with Crippen molar-refractivity contribution in [3.63, 3.8) is 0 Å². The van der Waals surface area contributed by atoms with E-state index < -0.39 is 65.2 Å². The zero-order chi connectivity index (χ0) is 37.6. The average molecular weight is 729 g/mol. The molecule has 1 heterocycles. The first-order valence-electron chi connectivity index (χ1n) is 16.0. The van der Waals surface area contributed by atoms with Crippen LogP contribution in [0.1, 0.15) is 33.4 Å². The molecule has 1 fully saturated rings. The van der Waals surface area contributed by atoms with Gasteiger partial charge in [0, 0.05) is 24.2 Å². The minimum atomic E-state index is -5.01. The number of benzene rings is 4. The van der Waals surface area contributed by atoms with Crippen molar-refractivity contribution in [2.75, 3.05) is 0 Å². The molecule has 2 amide bonds. The standard InChI is InChI=1S/C37H34F6N4O5/c38-36(39,40)33(44-51)27-15-7-13-25(17-27)21-46-29(19-23-9-3-1-4-10-23)31(48)32(49)30(20-24-11-5-2-6-12-24)47(35(46)50)22-26-14-8-16-28(18-26)34(45-52)37(41,42)43/h1-18,29-32,48-49,51-52H,19-22H2/b44-33-,45-34-/t29-,30-,31+,32+/m1/s1. The Hall–Kier alpha value is -5.41. The summed E-state index contributed by atoms with van der Waals surface area (Å²) < 4.78 is 81.9. The molecule has 5 rings (SSSR count). The van der Waals surface area contributed by atoms with E-state index in [1.165, 1.54) is 34.1 Å². The maximum atomic E-state index is 14.9. The molecule has 1 aliphatic heterocycles. The van der Waals surface area contributed by atoms with Gasteiger partial charge in [-0.25, -0.2) is 4.79 Å². The van der Waals surface area contributed by atoms with Crippen LogP contribution in [-0.4, -0.2) is 84.5 Å². The molecule has 274 valence electrons. The highest BCUT2D eigenvalue weighted by molar-refractivity contribution is 6.04. The lowest BCUT2D eigenvalue weighted by Crippen LogP contribution is -2.50. The molecule has 4 aromatic rings. The van der Waals surface area contributed by atoms with Crippen molar-refractivity contribution < 1.29 is 51.8 Å². The third-order valence-corrected chi connectivity index (χ3v) is 8.85. The Morgan fingerprint density at radius 1 is 0.558 bits per heavy atom. The Labute approximate surface area is 294 Å². The molecular weight excluding hydrogens is 694 g/mol. The van der Waals surface area contributed by atoms with Crippen LogP contribution in [0.3, 0.4) is 0 Å². The Kier molecular flexibility index (Phi) is 11.5. The molecule has 15 heteroatoms. The molecule has 52 heavy (non-hydrogen) atoms. The molecule has 4 aromatic carbocycles. The fourth-order valence-corrected chi connectivity index (χ4v) is 6.40. The molecule has 1 saturated heterocycles. The lowest BCUT2D eigenvalue weighted by Gasteiger charge is -2.36. The van der Waals surface area contributed by atoms with Crippen LogP contribution >= 0.6 is 0 Å². The highest BCUT2D eigenvalue weighted by atomic mass is 19.4. The molecule has 0 radical (unpaired) electrons. The van der Waals surface area contributed by atoms with Gasteiger partial charge >= 0.3 is 18.4 Å². The van der Waals surface area contributed by atoms with E-state index in [0.717, 1.165) is 24.3 Å².